The van der Waals surface area contributed by atoms with Crippen molar-refractivity contribution in [2.24, 2.45) is 11.7 Å². The van der Waals surface area contributed by atoms with Crippen LogP contribution in [0.25, 0.3) is 0 Å². The Kier molecular flexibility index (Phi) is 3.94. The van der Waals surface area contributed by atoms with E-state index in [1.54, 1.807) is 6.07 Å². The third-order valence-corrected chi connectivity index (χ3v) is 3.27. The Morgan fingerprint density at radius 2 is 2.24 bits per heavy atom. The standard InChI is InChI=1S/C13H17FN2S/c14-10-4-1-5-11(12(10)13(15)17)16-8-2-3-9-6-7-9/h1,4-5,9,16H,2-3,6-8H2,(H2,15,17). The molecular formula is C13H17FN2S. The zero-order valence-electron chi connectivity index (χ0n) is 9.71. The maximum Gasteiger partial charge on any atom is 0.135 e. The fourth-order valence-corrected chi connectivity index (χ4v) is 2.15. The molecule has 0 amide bonds. The van der Waals surface area contributed by atoms with Crippen LogP contribution >= 0.6 is 12.2 Å². The molecule has 0 atom stereocenters. The number of halogens is 1. The van der Waals surface area contributed by atoms with E-state index in [-0.39, 0.29) is 10.8 Å². The van der Waals surface area contributed by atoms with Gasteiger partial charge in [-0.1, -0.05) is 31.1 Å². The molecule has 92 valence electrons. The van der Waals surface area contributed by atoms with Crippen LogP contribution in [0.2, 0.25) is 0 Å². The summed E-state index contributed by atoms with van der Waals surface area (Å²) in [6, 6.07) is 4.86. The number of nitrogens with one attached hydrogen (secondary N) is 1. The maximum atomic E-state index is 13.5. The molecule has 1 fully saturated rings. The van der Waals surface area contributed by atoms with Gasteiger partial charge in [0.2, 0.25) is 0 Å². The second kappa shape index (κ2) is 5.45. The molecule has 0 heterocycles. The summed E-state index contributed by atoms with van der Waals surface area (Å²) in [7, 11) is 0. The minimum atomic E-state index is -0.357. The van der Waals surface area contributed by atoms with Crippen LogP contribution in [0, 0.1) is 11.7 Å². The predicted molar refractivity (Wildman–Crippen MR) is 72.7 cm³/mol. The molecule has 17 heavy (non-hydrogen) atoms. The molecule has 2 rings (SSSR count). The summed E-state index contributed by atoms with van der Waals surface area (Å²) >= 11 is 4.87. The van der Waals surface area contributed by atoms with Crippen LogP contribution in [-0.2, 0) is 0 Å². The Labute approximate surface area is 106 Å². The number of hydrogen-bond acceptors (Lipinski definition) is 2. The second-order valence-electron chi connectivity index (χ2n) is 4.54. The third-order valence-electron chi connectivity index (χ3n) is 3.06. The molecule has 1 aromatic carbocycles. The molecule has 0 bridgehead atoms. The lowest BCUT2D eigenvalue weighted by molar-refractivity contribution is 0.625. The Morgan fingerprint density at radius 3 is 2.88 bits per heavy atom. The highest BCUT2D eigenvalue weighted by Crippen LogP contribution is 2.33. The summed E-state index contributed by atoms with van der Waals surface area (Å²) in [5, 5.41) is 3.21. The van der Waals surface area contributed by atoms with Gasteiger partial charge in [-0.15, -0.1) is 0 Å². The number of hydrogen-bond donors (Lipinski definition) is 2. The van der Waals surface area contributed by atoms with Gasteiger partial charge < -0.3 is 11.1 Å². The Morgan fingerprint density at radius 1 is 1.47 bits per heavy atom. The molecule has 0 unspecified atom stereocenters. The smallest absolute Gasteiger partial charge is 0.135 e. The van der Waals surface area contributed by atoms with Crippen LogP contribution in [0.5, 0.6) is 0 Å². The molecule has 0 aromatic heterocycles. The molecule has 3 N–H and O–H groups in total. The average Bonchev–Trinajstić information content (AvgIpc) is 3.07. The molecule has 0 radical (unpaired) electrons. The molecule has 0 saturated heterocycles. The zero-order chi connectivity index (χ0) is 12.3. The first-order valence-corrected chi connectivity index (χ1v) is 6.41. The lowest BCUT2D eigenvalue weighted by atomic mass is 10.1. The summed E-state index contributed by atoms with van der Waals surface area (Å²) in [6.07, 6.45) is 5.11. The van der Waals surface area contributed by atoms with Crippen molar-refractivity contribution in [2.45, 2.75) is 25.7 Å². The Balaban J connectivity index is 1.93. The molecule has 0 spiro atoms. The van der Waals surface area contributed by atoms with Crippen LogP contribution in [0.1, 0.15) is 31.2 Å². The van der Waals surface area contributed by atoms with Gasteiger partial charge in [-0.2, -0.15) is 0 Å². The van der Waals surface area contributed by atoms with Crippen molar-refractivity contribution in [3.8, 4) is 0 Å². The van der Waals surface area contributed by atoms with Crippen molar-refractivity contribution in [3.63, 3.8) is 0 Å². The highest BCUT2D eigenvalue weighted by atomic mass is 32.1. The van der Waals surface area contributed by atoms with Crippen LogP contribution in [0.4, 0.5) is 10.1 Å². The lowest BCUT2D eigenvalue weighted by Crippen LogP contribution is -2.15. The number of rotatable bonds is 6. The number of anilines is 1. The highest BCUT2D eigenvalue weighted by molar-refractivity contribution is 7.80. The molecule has 1 saturated carbocycles. The van der Waals surface area contributed by atoms with E-state index in [0.29, 0.717) is 11.3 Å². The SMILES string of the molecule is NC(=S)c1c(F)cccc1NCCCC1CC1. The molecule has 1 aromatic rings. The van der Waals surface area contributed by atoms with Crippen LogP contribution in [0.3, 0.4) is 0 Å². The largest absolute Gasteiger partial charge is 0.389 e. The van der Waals surface area contributed by atoms with E-state index in [2.05, 4.69) is 5.32 Å². The van der Waals surface area contributed by atoms with Crippen LogP contribution in [-0.4, -0.2) is 11.5 Å². The second-order valence-corrected chi connectivity index (χ2v) is 4.98. The minimum Gasteiger partial charge on any atom is -0.389 e. The quantitative estimate of drug-likeness (QED) is 0.603. The number of benzene rings is 1. The van der Waals surface area contributed by atoms with Crippen LogP contribution in [0.15, 0.2) is 18.2 Å². The van der Waals surface area contributed by atoms with E-state index in [1.807, 2.05) is 6.07 Å². The first-order valence-electron chi connectivity index (χ1n) is 6.00. The van der Waals surface area contributed by atoms with Crippen molar-refractivity contribution in [3.05, 3.63) is 29.6 Å². The van der Waals surface area contributed by atoms with Gasteiger partial charge >= 0.3 is 0 Å². The summed E-state index contributed by atoms with van der Waals surface area (Å²) in [6.45, 7) is 0.843. The van der Waals surface area contributed by atoms with E-state index in [0.717, 1.165) is 18.9 Å². The maximum absolute atomic E-state index is 13.5. The summed E-state index contributed by atoms with van der Waals surface area (Å²) in [4.78, 5) is 0.104. The number of nitrogens with two attached hydrogens (primary N) is 1. The normalized spacial score (nSPS) is 14.6. The Bertz CT molecular complexity index is 416. The fourth-order valence-electron chi connectivity index (χ4n) is 1.94. The summed E-state index contributed by atoms with van der Waals surface area (Å²) in [5.41, 5.74) is 6.56. The number of thiocarbonyl (C=S) groups is 1. The first-order chi connectivity index (χ1) is 8.18. The van der Waals surface area contributed by atoms with Gasteiger partial charge in [-0.05, 0) is 30.9 Å². The highest BCUT2D eigenvalue weighted by Gasteiger charge is 2.20. The Hall–Kier alpha value is -1.16. The van der Waals surface area contributed by atoms with E-state index < -0.39 is 0 Å². The monoisotopic (exact) mass is 252 g/mol. The van der Waals surface area contributed by atoms with E-state index in [1.165, 1.54) is 25.3 Å². The molecular weight excluding hydrogens is 235 g/mol. The summed E-state index contributed by atoms with van der Waals surface area (Å²) < 4.78 is 13.5. The average molecular weight is 252 g/mol. The predicted octanol–water partition coefficient (Wildman–Crippen LogP) is 3.06. The molecule has 1 aliphatic rings. The third kappa shape index (κ3) is 3.40. The van der Waals surface area contributed by atoms with Gasteiger partial charge in [-0.25, -0.2) is 4.39 Å². The van der Waals surface area contributed by atoms with E-state index in [9.17, 15) is 4.39 Å². The van der Waals surface area contributed by atoms with Gasteiger partial charge in [0.05, 0.1) is 5.56 Å². The van der Waals surface area contributed by atoms with Crippen molar-refractivity contribution >= 4 is 22.9 Å². The van der Waals surface area contributed by atoms with Gasteiger partial charge in [-0.3, -0.25) is 0 Å². The van der Waals surface area contributed by atoms with Gasteiger partial charge in [0, 0.05) is 12.2 Å². The van der Waals surface area contributed by atoms with Crippen molar-refractivity contribution in [2.75, 3.05) is 11.9 Å². The van der Waals surface area contributed by atoms with Gasteiger partial charge in [0.15, 0.2) is 0 Å². The molecule has 2 nitrogen and oxygen atoms in total. The molecule has 1 aliphatic carbocycles. The zero-order valence-corrected chi connectivity index (χ0v) is 10.5. The van der Waals surface area contributed by atoms with Crippen molar-refractivity contribution < 1.29 is 4.39 Å². The lowest BCUT2D eigenvalue weighted by Gasteiger charge is -2.11. The van der Waals surface area contributed by atoms with Crippen molar-refractivity contribution in [1.29, 1.82) is 0 Å². The van der Waals surface area contributed by atoms with Gasteiger partial charge in [0.25, 0.3) is 0 Å². The van der Waals surface area contributed by atoms with E-state index in [4.69, 9.17) is 18.0 Å². The minimum absolute atomic E-state index is 0.104. The molecule has 0 aliphatic heterocycles. The van der Waals surface area contributed by atoms with E-state index >= 15 is 0 Å². The summed E-state index contributed by atoms with van der Waals surface area (Å²) in [5.74, 6) is 0.573. The van der Waals surface area contributed by atoms with Crippen LogP contribution < -0.4 is 11.1 Å². The fraction of sp³-hybridized carbons (Fsp3) is 0.462. The van der Waals surface area contributed by atoms with Gasteiger partial charge in [0.1, 0.15) is 10.8 Å². The molecule has 4 heteroatoms. The topological polar surface area (TPSA) is 38.0 Å². The van der Waals surface area contributed by atoms with Crippen molar-refractivity contribution in [1.82, 2.24) is 0 Å². The first kappa shape index (κ1) is 12.3.